The zero-order chi connectivity index (χ0) is 19.9. The Morgan fingerprint density at radius 3 is 2.42 bits per heavy atom. The second-order valence-electron chi connectivity index (χ2n) is 7.32. The molecule has 1 aliphatic heterocycles. The topological polar surface area (TPSA) is 38.5 Å². The molecular weight excluding hydrogens is 384 g/mol. The summed E-state index contributed by atoms with van der Waals surface area (Å²) in [4.78, 5) is 1.20. The molecule has 0 fully saturated rings. The lowest BCUT2D eigenvalue weighted by atomic mass is 9.80. The normalized spacial score (nSPS) is 15.6. The zero-order valence-electron chi connectivity index (χ0n) is 15.1. The number of hydrogen-bond acceptors (Lipinski definition) is 4. The van der Waals surface area contributed by atoms with Crippen molar-refractivity contribution in [2.24, 2.45) is 5.73 Å². The third kappa shape index (κ3) is 4.64. The maximum atomic E-state index is 13.0. The molecule has 1 radical (unpaired) electrons. The smallest absolute Gasteiger partial charge is 0.405 e. The van der Waals surface area contributed by atoms with Crippen molar-refractivity contribution in [1.29, 1.82) is 0 Å². The van der Waals surface area contributed by atoms with Gasteiger partial charge in [0, 0.05) is 28.2 Å². The first kappa shape index (κ1) is 21.3. The number of rotatable bonds is 5. The quantitative estimate of drug-likeness (QED) is 0.578. The molecule has 26 heavy (non-hydrogen) atoms. The molecule has 143 valence electrons. The average molecular weight is 406 g/mol. The van der Waals surface area contributed by atoms with Crippen LogP contribution >= 0.6 is 24.2 Å². The van der Waals surface area contributed by atoms with Crippen LogP contribution < -0.4 is 16.1 Å². The predicted molar refractivity (Wildman–Crippen MR) is 106 cm³/mol. The summed E-state index contributed by atoms with van der Waals surface area (Å²) < 4.78 is 44.5. The molecule has 0 bridgehead atoms. The molecule has 1 aromatic rings. The Labute approximate surface area is 163 Å². The summed E-state index contributed by atoms with van der Waals surface area (Å²) in [5.74, 6) is 0. The minimum absolute atomic E-state index is 0.0426. The van der Waals surface area contributed by atoms with Crippen molar-refractivity contribution in [3.8, 4) is 0 Å². The lowest BCUT2D eigenvalue weighted by molar-refractivity contribution is -0.119. The lowest BCUT2D eigenvalue weighted by Gasteiger charge is -2.39. The summed E-state index contributed by atoms with van der Waals surface area (Å²) in [6.07, 6.45) is -2.82. The first-order valence-electron chi connectivity index (χ1n) is 8.06. The minimum atomic E-state index is -4.36. The zero-order valence-corrected chi connectivity index (χ0v) is 16.8. The van der Waals surface area contributed by atoms with Crippen molar-refractivity contribution in [3.05, 3.63) is 28.8 Å². The van der Waals surface area contributed by atoms with Gasteiger partial charge in [-0.05, 0) is 45.3 Å². The fraction of sp³-hybridized carbons (Fsp3) is 0.529. The Kier molecular flexibility index (Phi) is 5.91. The Morgan fingerprint density at radius 2 is 1.88 bits per heavy atom. The van der Waals surface area contributed by atoms with Gasteiger partial charge in [0.25, 0.3) is 0 Å². The summed E-state index contributed by atoms with van der Waals surface area (Å²) in [5, 5.41) is 0.298. The van der Waals surface area contributed by atoms with E-state index >= 15 is 0 Å². The molecule has 0 spiro atoms. The van der Waals surface area contributed by atoms with Crippen LogP contribution in [0.4, 0.5) is 18.9 Å². The number of thiol groups is 1. The van der Waals surface area contributed by atoms with Gasteiger partial charge in [0.05, 0.1) is 10.6 Å². The number of benzene rings is 1. The molecule has 0 amide bonds. The third-order valence-corrected chi connectivity index (χ3v) is 5.47. The van der Waals surface area contributed by atoms with Gasteiger partial charge in [-0.15, -0.1) is 0 Å². The molecule has 0 aromatic heterocycles. The number of anilines is 1. The van der Waals surface area contributed by atoms with E-state index in [4.69, 9.17) is 22.0 Å². The van der Waals surface area contributed by atoms with Gasteiger partial charge in [0.15, 0.2) is 0 Å². The number of hydrogen-bond donors (Lipinski definition) is 2. The molecule has 0 saturated heterocycles. The van der Waals surface area contributed by atoms with Crippen LogP contribution in [0.2, 0.25) is 5.02 Å². The summed E-state index contributed by atoms with van der Waals surface area (Å²) in [5.41, 5.74) is 6.88. The van der Waals surface area contributed by atoms with Gasteiger partial charge >= 0.3 is 13.7 Å². The van der Waals surface area contributed by atoms with E-state index in [9.17, 15) is 13.2 Å². The molecular formula is C17H22BClF3N2OS. The molecule has 0 atom stereocenters. The molecule has 2 rings (SSSR count). The van der Waals surface area contributed by atoms with Crippen molar-refractivity contribution in [3.63, 3.8) is 0 Å². The first-order chi connectivity index (χ1) is 11.7. The van der Waals surface area contributed by atoms with Gasteiger partial charge in [-0.25, -0.2) is 0 Å². The second kappa shape index (κ2) is 7.21. The van der Waals surface area contributed by atoms with E-state index in [1.54, 1.807) is 12.1 Å². The standard InChI is InChI=1S/C17H22BClF3N2OS/c1-15(2,16(3,4)26)25-18-10-5-6-11(19)13-12(23)7-8-24(14(10)13)9-17(20,21)22/h5-7,26H,8-9,23H2,1-4H3. The van der Waals surface area contributed by atoms with E-state index < -0.39 is 23.1 Å². The second-order valence-corrected chi connectivity index (χ2v) is 8.85. The highest BCUT2D eigenvalue weighted by Gasteiger charge is 2.37. The number of alkyl halides is 3. The van der Waals surface area contributed by atoms with Gasteiger partial charge in [0.2, 0.25) is 0 Å². The van der Waals surface area contributed by atoms with Crippen LogP contribution in [0, 0.1) is 0 Å². The van der Waals surface area contributed by atoms with Crippen molar-refractivity contribution in [2.75, 3.05) is 18.0 Å². The first-order valence-corrected chi connectivity index (χ1v) is 8.89. The van der Waals surface area contributed by atoms with E-state index in [1.165, 1.54) is 18.5 Å². The molecule has 3 nitrogen and oxygen atoms in total. The van der Waals surface area contributed by atoms with Gasteiger partial charge in [-0.1, -0.05) is 17.7 Å². The minimum Gasteiger partial charge on any atom is -0.428 e. The van der Waals surface area contributed by atoms with E-state index in [1.807, 2.05) is 27.7 Å². The van der Waals surface area contributed by atoms with Crippen molar-refractivity contribution in [2.45, 2.75) is 44.2 Å². The highest BCUT2D eigenvalue weighted by Crippen LogP contribution is 2.36. The number of halogens is 4. The summed E-state index contributed by atoms with van der Waals surface area (Å²) in [7, 11) is 1.45. The molecule has 2 N–H and O–H groups in total. The van der Waals surface area contributed by atoms with Gasteiger partial charge in [-0.3, -0.25) is 0 Å². The number of fused-ring (bicyclic) bond motifs is 1. The Hall–Kier alpha value is -0.985. The fourth-order valence-corrected chi connectivity index (χ4v) is 2.72. The molecule has 1 aliphatic rings. The average Bonchev–Trinajstić information content (AvgIpc) is 2.46. The van der Waals surface area contributed by atoms with Crippen LogP contribution in [0.5, 0.6) is 0 Å². The molecule has 0 unspecified atom stereocenters. The Bertz CT molecular complexity index is 717. The number of nitrogens with two attached hydrogens (primary N) is 1. The van der Waals surface area contributed by atoms with E-state index in [2.05, 4.69) is 12.6 Å². The fourth-order valence-electron chi connectivity index (χ4n) is 2.41. The number of nitrogens with zero attached hydrogens (tertiary/aromatic N) is 1. The van der Waals surface area contributed by atoms with Gasteiger partial charge in [-0.2, -0.15) is 25.8 Å². The third-order valence-electron chi connectivity index (χ3n) is 4.62. The summed E-state index contributed by atoms with van der Waals surface area (Å²) in [6, 6.07) is 3.23. The SMILES string of the molecule is CC(C)(S)C(C)(C)O[B]c1ccc(Cl)c2c1N(CC(F)(F)F)CC=C2N. The van der Waals surface area contributed by atoms with Gasteiger partial charge in [0.1, 0.15) is 6.54 Å². The van der Waals surface area contributed by atoms with Crippen molar-refractivity contribution >= 4 is 48.6 Å². The van der Waals surface area contributed by atoms with E-state index in [0.717, 1.165) is 0 Å². The highest BCUT2D eigenvalue weighted by atomic mass is 35.5. The summed E-state index contributed by atoms with van der Waals surface area (Å²) in [6.45, 7) is 6.46. The highest BCUT2D eigenvalue weighted by molar-refractivity contribution is 7.81. The monoisotopic (exact) mass is 405 g/mol. The maximum Gasteiger partial charge on any atom is 0.405 e. The molecule has 0 aliphatic carbocycles. The van der Waals surface area contributed by atoms with Crippen molar-refractivity contribution in [1.82, 2.24) is 0 Å². The van der Waals surface area contributed by atoms with Crippen LogP contribution in [0.3, 0.4) is 0 Å². The van der Waals surface area contributed by atoms with Crippen LogP contribution in [0.15, 0.2) is 18.2 Å². The van der Waals surface area contributed by atoms with Crippen molar-refractivity contribution < 1.29 is 17.8 Å². The van der Waals surface area contributed by atoms with Crippen LogP contribution in [0.1, 0.15) is 33.3 Å². The lowest BCUT2D eigenvalue weighted by Crippen LogP contribution is -2.47. The molecule has 9 heteroatoms. The predicted octanol–water partition coefficient (Wildman–Crippen LogP) is 3.77. The largest absolute Gasteiger partial charge is 0.428 e. The maximum absolute atomic E-state index is 13.0. The van der Waals surface area contributed by atoms with E-state index in [-0.39, 0.29) is 6.54 Å². The van der Waals surface area contributed by atoms with Crippen LogP contribution in [0.25, 0.3) is 5.70 Å². The Morgan fingerprint density at radius 1 is 1.27 bits per heavy atom. The van der Waals surface area contributed by atoms with Crippen LogP contribution in [-0.2, 0) is 4.65 Å². The molecule has 1 aromatic carbocycles. The Balaban J connectivity index is 2.43. The van der Waals surface area contributed by atoms with Gasteiger partial charge < -0.3 is 15.3 Å². The summed E-state index contributed by atoms with van der Waals surface area (Å²) >= 11 is 10.7. The van der Waals surface area contributed by atoms with Crippen LogP contribution in [-0.4, -0.2) is 37.1 Å². The molecule has 0 saturated carbocycles. The molecule has 1 heterocycles. The van der Waals surface area contributed by atoms with E-state index in [0.29, 0.717) is 27.4 Å².